The lowest BCUT2D eigenvalue weighted by molar-refractivity contribution is 0.0938. The summed E-state index contributed by atoms with van der Waals surface area (Å²) in [6, 6.07) is 15.6. The first-order valence-electron chi connectivity index (χ1n) is 15.7. The van der Waals surface area contributed by atoms with Crippen LogP contribution in [0.3, 0.4) is 0 Å². The number of halogens is 1. The van der Waals surface area contributed by atoms with Crippen LogP contribution >= 0.6 is 0 Å². The summed E-state index contributed by atoms with van der Waals surface area (Å²) in [6.45, 7) is 6.57. The zero-order chi connectivity index (χ0) is 30.0. The molecular formula is C34H41FN6O2. The largest absolute Gasteiger partial charge is 0.453 e. The molecule has 226 valence electrons. The van der Waals surface area contributed by atoms with Crippen molar-refractivity contribution in [2.45, 2.75) is 56.5 Å². The quantitative estimate of drug-likeness (QED) is 0.495. The van der Waals surface area contributed by atoms with E-state index in [1.165, 1.54) is 36.1 Å². The van der Waals surface area contributed by atoms with Crippen LogP contribution in [0.15, 0.2) is 36.4 Å². The molecule has 43 heavy (non-hydrogen) atoms. The number of hydrogen-bond donors (Lipinski definition) is 2. The number of hydrogen-bond acceptors (Lipinski definition) is 7. The van der Waals surface area contributed by atoms with Crippen molar-refractivity contribution in [1.29, 1.82) is 10.5 Å². The molecule has 3 aliphatic heterocycles. The summed E-state index contributed by atoms with van der Waals surface area (Å²) in [5.41, 5.74) is 4.39. The van der Waals surface area contributed by atoms with E-state index in [-0.39, 0.29) is 23.7 Å². The van der Waals surface area contributed by atoms with Crippen LogP contribution in [0.1, 0.15) is 54.4 Å². The molecule has 2 saturated heterocycles. The second-order valence-electron chi connectivity index (χ2n) is 12.7. The van der Waals surface area contributed by atoms with Gasteiger partial charge >= 0.3 is 6.09 Å². The van der Waals surface area contributed by atoms with E-state index < -0.39 is 11.5 Å². The number of nitrogens with zero attached hydrogens (tertiary/aromatic N) is 4. The molecule has 0 radical (unpaired) electrons. The van der Waals surface area contributed by atoms with Gasteiger partial charge in [0.2, 0.25) is 0 Å². The fourth-order valence-corrected chi connectivity index (χ4v) is 8.43. The van der Waals surface area contributed by atoms with E-state index in [4.69, 9.17) is 4.74 Å². The molecule has 4 aliphatic rings. The third-order valence-corrected chi connectivity index (χ3v) is 10.5. The first kappa shape index (κ1) is 29.4. The maximum absolute atomic E-state index is 14.6. The maximum Gasteiger partial charge on any atom is 0.407 e. The van der Waals surface area contributed by atoms with Crippen LogP contribution in [0.4, 0.5) is 14.9 Å². The number of ether oxygens (including phenoxy) is 1. The Balaban J connectivity index is 1.13. The molecule has 3 fully saturated rings. The molecule has 8 nitrogen and oxygen atoms in total. The Labute approximate surface area is 253 Å². The molecule has 3 heterocycles. The van der Waals surface area contributed by atoms with E-state index >= 15 is 0 Å². The van der Waals surface area contributed by atoms with Crippen LogP contribution in [0.5, 0.6) is 0 Å². The highest BCUT2D eigenvalue weighted by atomic mass is 19.1. The zero-order valence-corrected chi connectivity index (χ0v) is 24.9. The molecule has 1 aliphatic carbocycles. The third kappa shape index (κ3) is 5.57. The van der Waals surface area contributed by atoms with Gasteiger partial charge in [-0.25, -0.2) is 9.18 Å². The lowest BCUT2D eigenvalue weighted by atomic mass is 9.59. The Morgan fingerprint density at radius 1 is 1.14 bits per heavy atom. The predicted molar refractivity (Wildman–Crippen MR) is 162 cm³/mol. The monoisotopic (exact) mass is 584 g/mol. The van der Waals surface area contributed by atoms with E-state index in [0.717, 1.165) is 95.5 Å². The van der Waals surface area contributed by atoms with Gasteiger partial charge < -0.3 is 25.2 Å². The van der Waals surface area contributed by atoms with E-state index in [0.29, 0.717) is 5.92 Å². The highest BCUT2D eigenvalue weighted by molar-refractivity contribution is 5.67. The molecule has 0 unspecified atom stereocenters. The number of carbonyl (C=O) groups is 1. The van der Waals surface area contributed by atoms with Crippen molar-refractivity contribution in [1.82, 2.24) is 15.5 Å². The number of amides is 1. The predicted octanol–water partition coefficient (Wildman–Crippen LogP) is 4.48. The Morgan fingerprint density at radius 3 is 2.67 bits per heavy atom. The molecule has 2 aromatic carbocycles. The van der Waals surface area contributed by atoms with E-state index in [1.54, 1.807) is 6.07 Å². The molecule has 2 N–H and O–H groups in total. The minimum atomic E-state index is -0.883. The van der Waals surface area contributed by atoms with Crippen molar-refractivity contribution in [3.63, 3.8) is 0 Å². The van der Waals surface area contributed by atoms with Crippen LogP contribution in [-0.2, 0) is 23.1 Å². The van der Waals surface area contributed by atoms with Gasteiger partial charge in [-0.3, -0.25) is 0 Å². The number of fused-ring (bicyclic) bond motifs is 1. The van der Waals surface area contributed by atoms with Crippen molar-refractivity contribution < 1.29 is 13.9 Å². The summed E-state index contributed by atoms with van der Waals surface area (Å²) < 4.78 is 19.5. The van der Waals surface area contributed by atoms with Gasteiger partial charge in [0, 0.05) is 49.7 Å². The molecule has 0 spiro atoms. The van der Waals surface area contributed by atoms with Crippen LogP contribution in [0.25, 0.3) is 0 Å². The van der Waals surface area contributed by atoms with Crippen molar-refractivity contribution in [2.24, 2.45) is 17.8 Å². The maximum atomic E-state index is 14.6. The van der Waals surface area contributed by atoms with Crippen molar-refractivity contribution >= 4 is 11.8 Å². The minimum Gasteiger partial charge on any atom is -0.453 e. The van der Waals surface area contributed by atoms with Gasteiger partial charge in [-0.2, -0.15) is 10.5 Å². The van der Waals surface area contributed by atoms with Crippen molar-refractivity contribution in [3.05, 3.63) is 64.5 Å². The van der Waals surface area contributed by atoms with Gasteiger partial charge in [-0.05, 0) is 98.6 Å². The Hall–Kier alpha value is -3.66. The lowest BCUT2D eigenvalue weighted by Gasteiger charge is -2.48. The SMILES string of the molecule is COC(=O)N[C@H]1CCC[C@@H]1[C@](C#N)(c1cccc(F)c1)C1CCN(CC2CN(c3ccc(C#N)c4c3CNCC4)C2)CC1. The van der Waals surface area contributed by atoms with Gasteiger partial charge in [0.1, 0.15) is 5.82 Å². The minimum absolute atomic E-state index is 0.0659. The molecule has 0 bridgehead atoms. The highest BCUT2D eigenvalue weighted by Gasteiger charge is 2.52. The molecule has 1 amide bonds. The van der Waals surface area contributed by atoms with E-state index in [9.17, 15) is 19.7 Å². The number of likely N-dealkylation sites (tertiary alicyclic amines) is 1. The van der Waals surface area contributed by atoms with E-state index in [1.807, 2.05) is 12.1 Å². The van der Waals surface area contributed by atoms with Gasteiger partial charge in [-0.15, -0.1) is 0 Å². The van der Waals surface area contributed by atoms with E-state index in [2.05, 4.69) is 38.6 Å². The summed E-state index contributed by atoms with van der Waals surface area (Å²) in [7, 11) is 1.36. The number of rotatable bonds is 7. The fraction of sp³-hybridized carbons (Fsp3) is 0.559. The zero-order valence-electron chi connectivity index (χ0n) is 24.9. The molecule has 0 aromatic heterocycles. The average molecular weight is 585 g/mol. The molecule has 2 aromatic rings. The second kappa shape index (κ2) is 12.5. The second-order valence-corrected chi connectivity index (χ2v) is 12.7. The molecule has 9 heteroatoms. The smallest absolute Gasteiger partial charge is 0.407 e. The first-order chi connectivity index (χ1) is 21.0. The number of benzene rings is 2. The normalized spacial score (nSPS) is 24.2. The first-order valence-corrected chi connectivity index (χ1v) is 15.7. The number of piperidine rings is 1. The van der Waals surface area contributed by atoms with Gasteiger partial charge in [-0.1, -0.05) is 18.6 Å². The number of nitrogens with one attached hydrogen (secondary N) is 2. The molecular weight excluding hydrogens is 543 g/mol. The highest BCUT2D eigenvalue weighted by Crippen LogP contribution is 2.50. The van der Waals surface area contributed by atoms with Crippen LogP contribution in [0, 0.1) is 46.2 Å². The van der Waals surface area contributed by atoms with Crippen LogP contribution in [-0.4, -0.2) is 63.4 Å². The summed E-state index contributed by atoms with van der Waals surface area (Å²) in [5, 5.41) is 26.9. The summed E-state index contributed by atoms with van der Waals surface area (Å²) in [6.07, 6.45) is 4.64. The third-order valence-electron chi connectivity index (χ3n) is 10.5. The Bertz CT molecular complexity index is 1420. The topological polar surface area (TPSA) is 104 Å². The van der Waals surface area contributed by atoms with Gasteiger partial charge in [0.25, 0.3) is 0 Å². The fourth-order valence-electron chi connectivity index (χ4n) is 8.43. The van der Waals surface area contributed by atoms with Gasteiger partial charge in [0.05, 0.1) is 30.2 Å². The van der Waals surface area contributed by atoms with Crippen molar-refractivity contribution in [3.8, 4) is 12.1 Å². The van der Waals surface area contributed by atoms with Crippen molar-refractivity contribution in [2.75, 3.05) is 51.3 Å². The average Bonchev–Trinajstić information content (AvgIpc) is 3.48. The lowest BCUT2D eigenvalue weighted by Crippen LogP contribution is -2.55. The number of methoxy groups -OCH3 is 1. The number of alkyl carbamates (subject to hydrolysis) is 1. The summed E-state index contributed by atoms with van der Waals surface area (Å²) >= 11 is 0. The summed E-state index contributed by atoms with van der Waals surface area (Å²) in [4.78, 5) is 17.2. The Morgan fingerprint density at radius 2 is 1.95 bits per heavy atom. The summed E-state index contributed by atoms with van der Waals surface area (Å²) in [5.74, 6) is 0.199. The molecule has 3 atom stereocenters. The number of carbonyl (C=O) groups excluding carboxylic acids is 1. The van der Waals surface area contributed by atoms with Crippen LogP contribution in [0.2, 0.25) is 0 Å². The van der Waals surface area contributed by atoms with Gasteiger partial charge in [0.15, 0.2) is 0 Å². The standard InChI is InChI=1S/C34H41FN6O2/c1-43-33(42)39-31-7-3-6-30(31)34(22-37,26-4-2-5-27(35)16-26)25-11-14-40(15-12-25)19-23-20-41(21-23)32-9-8-24(17-36)28-10-13-38-18-29(28)32/h2,4-5,8-9,16,23,25,30-31,38H,3,6-7,10-15,18-21H2,1H3,(H,39,42)/t30-,31-,34-/m0/s1. The number of anilines is 1. The molecule has 1 saturated carbocycles. The number of nitriles is 2. The molecule has 6 rings (SSSR count). The Kier molecular flexibility index (Phi) is 8.56. The van der Waals surface area contributed by atoms with Crippen LogP contribution < -0.4 is 15.5 Å².